The summed E-state index contributed by atoms with van der Waals surface area (Å²) < 4.78 is 0. The Kier molecular flexibility index (Phi) is 5.89. The summed E-state index contributed by atoms with van der Waals surface area (Å²) in [6.45, 7) is 6.09. The van der Waals surface area contributed by atoms with E-state index in [4.69, 9.17) is 23.2 Å². The Morgan fingerprint density at radius 3 is 2.89 bits per heavy atom. The van der Waals surface area contributed by atoms with Crippen LogP contribution in [0.4, 0.5) is 0 Å². The molecule has 2 rings (SSSR count). The molecule has 5 heteroatoms. The van der Waals surface area contributed by atoms with Gasteiger partial charge in [-0.25, -0.2) is 4.98 Å². The highest BCUT2D eigenvalue weighted by Gasteiger charge is 2.17. The number of nitrogens with one attached hydrogen (secondary N) is 1. The van der Waals surface area contributed by atoms with Gasteiger partial charge in [-0.05, 0) is 38.1 Å². The average molecular weight is 302 g/mol. The van der Waals surface area contributed by atoms with Gasteiger partial charge in [0, 0.05) is 19.1 Å². The number of nitrogens with zero attached hydrogens (tertiary/aromatic N) is 2. The van der Waals surface area contributed by atoms with E-state index < -0.39 is 0 Å². The molecule has 0 spiro atoms. The van der Waals surface area contributed by atoms with Gasteiger partial charge in [0.15, 0.2) is 0 Å². The van der Waals surface area contributed by atoms with E-state index in [1.54, 1.807) is 6.07 Å². The third-order valence-corrected chi connectivity index (χ3v) is 4.15. The maximum atomic E-state index is 6.18. The average Bonchev–Trinajstić information content (AvgIpc) is 2.43. The van der Waals surface area contributed by atoms with Crippen LogP contribution in [0.5, 0.6) is 0 Å². The summed E-state index contributed by atoms with van der Waals surface area (Å²) in [5, 5.41) is 4.77. The summed E-state index contributed by atoms with van der Waals surface area (Å²) in [5.74, 6) is 0. The van der Waals surface area contributed by atoms with Crippen molar-refractivity contribution in [2.45, 2.75) is 38.8 Å². The number of hydrogen-bond donors (Lipinski definition) is 1. The lowest BCUT2D eigenvalue weighted by molar-refractivity contribution is 0.224. The molecule has 1 unspecified atom stereocenters. The molecule has 1 aliphatic rings. The summed E-state index contributed by atoms with van der Waals surface area (Å²) in [4.78, 5) is 6.69. The van der Waals surface area contributed by atoms with Gasteiger partial charge < -0.3 is 5.32 Å². The predicted molar refractivity (Wildman–Crippen MR) is 80.8 cm³/mol. The summed E-state index contributed by atoms with van der Waals surface area (Å²) in [5.41, 5.74) is 0.867. The molecule has 3 nitrogen and oxygen atoms in total. The molecule has 1 aromatic heterocycles. The Labute approximate surface area is 125 Å². The van der Waals surface area contributed by atoms with Crippen LogP contribution in [0.15, 0.2) is 12.1 Å². The molecule has 1 saturated heterocycles. The van der Waals surface area contributed by atoms with Crippen molar-refractivity contribution in [1.82, 2.24) is 15.2 Å². The number of piperidine rings is 1. The van der Waals surface area contributed by atoms with E-state index in [0.717, 1.165) is 31.9 Å². The van der Waals surface area contributed by atoms with Crippen molar-refractivity contribution in [3.63, 3.8) is 0 Å². The molecule has 1 atom stereocenters. The number of halogens is 2. The first-order valence-electron chi connectivity index (χ1n) is 6.95. The van der Waals surface area contributed by atoms with Crippen molar-refractivity contribution in [2.24, 2.45) is 0 Å². The Balaban J connectivity index is 1.95. The molecule has 1 aromatic rings. The van der Waals surface area contributed by atoms with Crippen LogP contribution >= 0.6 is 23.2 Å². The zero-order valence-corrected chi connectivity index (χ0v) is 12.8. The van der Waals surface area contributed by atoms with Crippen molar-refractivity contribution in [2.75, 3.05) is 19.6 Å². The van der Waals surface area contributed by atoms with Crippen molar-refractivity contribution < 1.29 is 0 Å². The highest BCUT2D eigenvalue weighted by molar-refractivity contribution is 6.32. The summed E-state index contributed by atoms with van der Waals surface area (Å²) >= 11 is 12.1. The largest absolute Gasteiger partial charge is 0.313 e. The summed E-state index contributed by atoms with van der Waals surface area (Å²) in [6.07, 6.45) is 3.88. The van der Waals surface area contributed by atoms with Gasteiger partial charge in [-0.2, -0.15) is 0 Å². The van der Waals surface area contributed by atoms with E-state index in [1.165, 1.54) is 19.3 Å². The van der Waals surface area contributed by atoms with Gasteiger partial charge in [0.05, 0.1) is 10.7 Å². The minimum atomic E-state index is 0.506. The lowest BCUT2D eigenvalue weighted by Crippen LogP contribution is -2.43. The smallest absolute Gasteiger partial charge is 0.129 e. The van der Waals surface area contributed by atoms with Crippen LogP contribution in [0.1, 0.15) is 31.9 Å². The molecule has 0 aliphatic carbocycles. The second-order valence-corrected chi connectivity index (χ2v) is 5.83. The maximum Gasteiger partial charge on any atom is 0.129 e. The van der Waals surface area contributed by atoms with Crippen LogP contribution in [0.2, 0.25) is 10.2 Å². The van der Waals surface area contributed by atoms with E-state index in [2.05, 4.69) is 22.1 Å². The van der Waals surface area contributed by atoms with Crippen LogP contribution in [-0.2, 0) is 6.54 Å². The van der Waals surface area contributed by atoms with Gasteiger partial charge in [0.1, 0.15) is 5.15 Å². The number of pyridine rings is 1. The fourth-order valence-corrected chi connectivity index (χ4v) is 2.81. The molecule has 0 saturated carbocycles. The van der Waals surface area contributed by atoms with Crippen molar-refractivity contribution in [3.8, 4) is 0 Å². The zero-order chi connectivity index (χ0) is 13.7. The zero-order valence-electron chi connectivity index (χ0n) is 11.3. The molecule has 0 aromatic carbocycles. The van der Waals surface area contributed by atoms with E-state index in [9.17, 15) is 0 Å². The third kappa shape index (κ3) is 4.60. The van der Waals surface area contributed by atoms with Crippen molar-refractivity contribution in [1.29, 1.82) is 0 Å². The predicted octanol–water partition coefficient (Wildman–Crippen LogP) is 3.35. The molecular weight excluding hydrogens is 281 g/mol. The van der Waals surface area contributed by atoms with Gasteiger partial charge in [-0.1, -0.05) is 36.5 Å². The summed E-state index contributed by atoms with van der Waals surface area (Å²) in [6, 6.07) is 4.14. The number of hydrogen-bond acceptors (Lipinski definition) is 3. The number of aromatic nitrogens is 1. The van der Waals surface area contributed by atoms with Crippen molar-refractivity contribution >= 4 is 23.2 Å². The Bertz CT molecular complexity index is 406. The van der Waals surface area contributed by atoms with Crippen LogP contribution in [0.3, 0.4) is 0 Å². The SMILES string of the molecule is CCN(Cc1nc(Cl)ccc1Cl)CC1CCCCN1. The van der Waals surface area contributed by atoms with E-state index in [0.29, 0.717) is 16.2 Å². The highest BCUT2D eigenvalue weighted by atomic mass is 35.5. The number of likely N-dealkylation sites (N-methyl/N-ethyl adjacent to an activating group) is 1. The fraction of sp³-hybridized carbons (Fsp3) is 0.643. The van der Waals surface area contributed by atoms with Crippen LogP contribution < -0.4 is 5.32 Å². The first-order chi connectivity index (χ1) is 9.19. The Morgan fingerprint density at radius 2 is 2.21 bits per heavy atom. The second kappa shape index (κ2) is 7.44. The molecule has 0 amide bonds. The van der Waals surface area contributed by atoms with E-state index >= 15 is 0 Å². The lowest BCUT2D eigenvalue weighted by Gasteiger charge is -2.29. The summed E-state index contributed by atoms with van der Waals surface area (Å²) in [7, 11) is 0. The minimum Gasteiger partial charge on any atom is -0.313 e. The monoisotopic (exact) mass is 301 g/mol. The highest BCUT2D eigenvalue weighted by Crippen LogP contribution is 2.19. The molecule has 1 aliphatic heterocycles. The van der Waals surface area contributed by atoms with Crippen LogP contribution in [0.25, 0.3) is 0 Å². The fourth-order valence-electron chi connectivity index (χ4n) is 2.48. The Hall–Kier alpha value is -0.350. The van der Waals surface area contributed by atoms with E-state index in [1.807, 2.05) is 6.07 Å². The van der Waals surface area contributed by atoms with Gasteiger partial charge in [0.2, 0.25) is 0 Å². The van der Waals surface area contributed by atoms with Gasteiger partial charge in [0.25, 0.3) is 0 Å². The molecule has 19 heavy (non-hydrogen) atoms. The molecular formula is C14H21Cl2N3. The van der Waals surface area contributed by atoms with Gasteiger partial charge >= 0.3 is 0 Å². The Morgan fingerprint density at radius 1 is 1.37 bits per heavy atom. The van der Waals surface area contributed by atoms with Gasteiger partial charge in [-0.3, -0.25) is 4.90 Å². The third-order valence-electron chi connectivity index (χ3n) is 3.60. The molecule has 0 bridgehead atoms. The quantitative estimate of drug-likeness (QED) is 0.845. The normalized spacial score (nSPS) is 19.9. The molecule has 2 heterocycles. The molecule has 1 N–H and O–H groups in total. The molecule has 1 fully saturated rings. The lowest BCUT2D eigenvalue weighted by atomic mass is 10.0. The standard InChI is InChI=1S/C14H21Cl2N3/c1-2-19(9-11-5-3-4-8-17-11)10-13-12(15)6-7-14(16)18-13/h6-7,11,17H,2-5,8-10H2,1H3. The number of rotatable bonds is 5. The van der Waals surface area contributed by atoms with E-state index in [-0.39, 0.29) is 0 Å². The molecule has 106 valence electrons. The first kappa shape index (κ1) is 15.0. The first-order valence-corrected chi connectivity index (χ1v) is 7.71. The van der Waals surface area contributed by atoms with Crippen molar-refractivity contribution in [3.05, 3.63) is 28.0 Å². The van der Waals surface area contributed by atoms with Crippen LogP contribution in [0, 0.1) is 0 Å². The molecule has 0 radical (unpaired) electrons. The second-order valence-electron chi connectivity index (χ2n) is 5.04. The minimum absolute atomic E-state index is 0.506. The topological polar surface area (TPSA) is 28.2 Å². The van der Waals surface area contributed by atoms with Gasteiger partial charge in [-0.15, -0.1) is 0 Å². The van der Waals surface area contributed by atoms with Crippen LogP contribution in [-0.4, -0.2) is 35.6 Å². The maximum absolute atomic E-state index is 6.18.